The first-order valence-corrected chi connectivity index (χ1v) is 7.12. The number of para-hydroxylation sites is 1. The molecule has 0 atom stereocenters. The number of aliphatic imine (C=N–C) groups is 1. The summed E-state index contributed by atoms with van der Waals surface area (Å²) in [4.78, 5) is 17.7. The van der Waals surface area contributed by atoms with Crippen LogP contribution >= 0.6 is 0 Å². The second-order valence-electron chi connectivity index (χ2n) is 5.20. The minimum atomic E-state index is -0.397. The van der Waals surface area contributed by atoms with Gasteiger partial charge in [0.1, 0.15) is 24.0 Å². The van der Waals surface area contributed by atoms with Crippen molar-refractivity contribution in [3.8, 4) is 5.69 Å². The number of amides is 2. The second-order valence-corrected chi connectivity index (χ2v) is 5.20. The molecule has 0 saturated heterocycles. The highest BCUT2D eigenvalue weighted by Crippen LogP contribution is 2.23. The predicted octanol–water partition coefficient (Wildman–Crippen LogP) is 3.02. The lowest BCUT2D eigenvalue weighted by molar-refractivity contribution is 0.229. The van der Waals surface area contributed by atoms with Crippen molar-refractivity contribution in [3.63, 3.8) is 0 Å². The van der Waals surface area contributed by atoms with Crippen LogP contribution in [0.5, 0.6) is 0 Å². The molecule has 0 fully saturated rings. The largest absolute Gasteiger partial charge is 0.328 e. The van der Waals surface area contributed by atoms with Crippen LogP contribution in [0.25, 0.3) is 5.69 Å². The van der Waals surface area contributed by atoms with Gasteiger partial charge in [0, 0.05) is 18.5 Å². The Morgan fingerprint density at radius 1 is 1.35 bits per heavy atom. The van der Waals surface area contributed by atoms with Gasteiger partial charge in [-0.05, 0) is 31.6 Å². The van der Waals surface area contributed by atoms with Crippen LogP contribution in [0.15, 0.2) is 41.5 Å². The Bertz CT molecular complexity index is 789. The van der Waals surface area contributed by atoms with E-state index in [9.17, 15) is 9.18 Å². The Labute approximate surface area is 132 Å². The van der Waals surface area contributed by atoms with Gasteiger partial charge < -0.3 is 0 Å². The first kappa shape index (κ1) is 15.0. The van der Waals surface area contributed by atoms with Crippen LogP contribution in [-0.4, -0.2) is 33.6 Å². The first-order valence-electron chi connectivity index (χ1n) is 7.12. The number of rotatable bonds is 2. The van der Waals surface area contributed by atoms with Crippen LogP contribution in [0.3, 0.4) is 0 Å². The van der Waals surface area contributed by atoms with Crippen molar-refractivity contribution in [2.75, 3.05) is 12.0 Å². The first-order chi connectivity index (χ1) is 11.1. The molecule has 0 bridgehead atoms. The number of aryl methyl sites for hydroxylation is 2. The summed E-state index contributed by atoms with van der Waals surface area (Å²) in [5.41, 5.74) is 1.73. The minimum Gasteiger partial charge on any atom is -0.292 e. The number of anilines is 1. The van der Waals surface area contributed by atoms with Gasteiger partial charge in [0.2, 0.25) is 0 Å². The van der Waals surface area contributed by atoms with Crippen LogP contribution in [0.1, 0.15) is 11.3 Å². The van der Waals surface area contributed by atoms with Gasteiger partial charge in [-0.2, -0.15) is 5.10 Å². The van der Waals surface area contributed by atoms with Gasteiger partial charge in [-0.1, -0.05) is 12.1 Å². The normalized spacial score (nSPS) is 13.4. The third-order valence-electron chi connectivity index (χ3n) is 3.42. The van der Waals surface area contributed by atoms with E-state index >= 15 is 0 Å². The van der Waals surface area contributed by atoms with E-state index in [1.807, 2.05) is 0 Å². The third-order valence-corrected chi connectivity index (χ3v) is 3.42. The van der Waals surface area contributed by atoms with Gasteiger partial charge >= 0.3 is 6.03 Å². The molecule has 2 heterocycles. The zero-order chi connectivity index (χ0) is 16.4. The molecule has 0 spiro atoms. The maximum atomic E-state index is 14.2. The molecule has 1 aliphatic heterocycles. The molecule has 1 aliphatic rings. The Morgan fingerprint density at radius 2 is 2.17 bits per heavy atom. The molecular formula is C16H16FN5O. The fourth-order valence-electron chi connectivity index (χ4n) is 2.35. The third kappa shape index (κ3) is 2.98. The molecule has 3 rings (SSSR count). The number of benzene rings is 1. The molecule has 0 saturated carbocycles. The quantitative estimate of drug-likeness (QED) is 0.926. The van der Waals surface area contributed by atoms with E-state index in [4.69, 9.17) is 0 Å². The monoisotopic (exact) mass is 313 g/mol. The van der Waals surface area contributed by atoms with Crippen molar-refractivity contribution in [2.24, 2.45) is 4.99 Å². The minimum absolute atomic E-state index is 0.244. The highest BCUT2D eigenvalue weighted by Gasteiger charge is 2.18. The average Bonchev–Trinajstić information content (AvgIpc) is 2.88. The van der Waals surface area contributed by atoms with Gasteiger partial charge in [-0.25, -0.2) is 13.9 Å². The summed E-state index contributed by atoms with van der Waals surface area (Å²) >= 11 is 0. The molecule has 6 nitrogen and oxygen atoms in total. The SMILES string of the molecule is Cc1cc(NC(=O)N2C=CC=NC2)n(-c2c(C)cccc2F)n1. The van der Waals surface area contributed by atoms with Gasteiger partial charge in [0.15, 0.2) is 0 Å². The Morgan fingerprint density at radius 3 is 2.87 bits per heavy atom. The molecule has 0 radical (unpaired) electrons. The van der Waals surface area contributed by atoms with Crippen LogP contribution in [-0.2, 0) is 0 Å². The van der Waals surface area contributed by atoms with Gasteiger partial charge in [-0.3, -0.25) is 15.2 Å². The molecule has 0 unspecified atom stereocenters. The van der Waals surface area contributed by atoms with Crippen LogP contribution in [0, 0.1) is 19.7 Å². The van der Waals surface area contributed by atoms with Crippen LogP contribution in [0.2, 0.25) is 0 Å². The summed E-state index contributed by atoms with van der Waals surface area (Å²) < 4.78 is 15.6. The number of halogens is 1. The maximum absolute atomic E-state index is 14.2. The number of hydrogen-bond acceptors (Lipinski definition) is 3. The van der Waals surface area contributed by atoms with Crippen molar-refractivity contribution in [2.45, 2.75) is 13.8 Å². The zero-order valence-corrected chi connectivity index (χ0v) is 12.8. The molecule has 1 aromatic carbocycles. The highest BCUT2D eigenvalue weighted by atomic mass is 19.1. The molecule has 1 N–H and O–H groups in total. The molecule has 0 aliphatic carbocycles. The molecule has 1 aromatic heterocycles. The summed E-state index contributed by atoms with van der Waals surface area (Å²) in [7, 11) is 0. The molecule has 2 amide bonds. The molecule has 2 aromatic rings. The van der Waals surface area contributed by atoms with E-state index in [1.54, 1.807) is 50.5 Å². The fraction of sp³-hybridized carbons (Fsp3) is 0.188. The van der Waals surface area contributed by atoms with Crippen molar-refractivity contribution < 1.29 is 9.18 Å². The van der Waals surface area contributed by atoms with E-state index in [0.717, 1.165) is 5.56 Å². The summed E-state index contributed by atoms with van der Waals surface area (Å²) in [6.07, 6.45) is 4.93. The number of urea groups is 1. The predicted molar refractivity (Wildman–Crippen MR) is 86.4 cm³/mol. The Balaban J connectivity index is 1.94. The average molecular weight is 313 g/mol. The Hall–Kier alpha value is -2.96. The van der Waals surface area contributed by atoms with E-state index in [1.165, 1.54) is 15.6 Å². The molecule has 118 valence electrons. The van der Waals surface area contributed by atoms with E-state index in [0.29, 0.717) is 17.2 Å². The fourth-order valence-corrected chi connectivity index (χ4v) is 2.35. The summed E-state index contributed by atoms with van der Waals surface area (Å²) in [5, 5.41) is 7.05. The smallest absolute Gasteiger partial charge is 0.292 e. The van der Waals surface area contributed by atoms with E-state index < -0.39 is 5.82 Å². The van der Waals surface area contributed by atoms with Crippen molar-refractivity contribution >= 4 is 18.1 Å². The van der Waals surface area contributed by atoms with Crippen LogP contribution in [0.4, 0.5) is 15.0 Å². The summed E-state index contributed by atoms with van der Waals surface area (Å²) in [6, 6.07) is 6.14. The number of hydrogen-bond donors (Lipinski definition) is 1. The van der Waals surface area contributed by atoms with Gasteiger partial charge in [0.25, 0.3) is 0 Å². The van der Waals surface area contributed by atoms with Crippen LogP contribution < -0.4 is 5.32 Å². The van der Waals surface area contributed by atoms with Crippen molar-refractivity contribution in [1.29, 1.82) is 0 Å². The number of aromatic nitrogens is 2. The summed E-state index contributed by atoms with van der Waals surface area (Å²) in [5.74, 6) is 0.00900. The lowest BCUT2D eigenvalue weighted by atomic mass is 10.2. The van der Waals surface area contributed by atoms with Gasteiger partial charge in [0.05, 0.1) is 5.69 Å². The highest BCUT2D eigenvalue weighted by molar-refractivity contribution is 5.90. The van der Waals surface area contributed by atoms with E-state index in [-0.39, 0.29) is 12.7 Å². The molecule has 23 heavy (non-hydrogen) atoms. The van der Waals surface area contributed by atoms with Gasteiger partial charge in [-0.15, -0.1) is 0 Å². The standard InChI is InChI=1S/C16H16FN5O/c1-11-5-3-6-13(17)15(11)22-14(9-12(2)20-22)19-16(23)21-8-4-7-18-10-21/h3-9H,10H2,1-2H3,(H,19,23). The number of allylic oxidation sites excluding steroid dienone is 1. The lowest BCUT2D eigenvalue weighted by Crippen LogP contribution is -2.32. The molecular weight excluding hydrogens is 297 g/mol. The number of nitrogens with one attached hydrogen (secondary N) is 1. The van der Waals surface area contributed by atoms with Crippen molar-refractivity contribution in [3.05, 3.63) is 53.6 Å². The second kappa shape index (κ2) is 6.04. The number of carbonyl (C=O) groups excluding carboxylic acids is 1. The molecule has 7 heteroatoms. The zero-order valence-electron chi connectivity index (χ0n) is 12.8. The topological polar surface area (TPSA) is 62.5 Å². The van der Waals surface area contributed by atoms with E-state index in [2.05, 4.69) is 15.4 Å². The summed E-state index contributed by atoms with van der Waals surface area (Å²) in [6.45, 7) is 3.82. The number of nitrogens with zero attached hydrogens (tertiary/aromatic N) is 4. The van der Waals surface area contributed by atoms with Crippen molar-refractivity contribution in [1.82, 2.24) is 14.7 Å². The maximum Gasteiger partial charge on any atom is 0.328 e. The lowest BCUT2D eigenvalue weighted by Gasteiger charge is -2.19. The Kier molecular flexibility index (Phi) is 3.92. The number of carbonyl (C=O) groups is 1.